The molecule has 0 aromatic heterocycles. The molecule has 1 aliphatic heterocycles. The van der Waals surface area contributed by atoms with Gasteiger partial charge >= 0.3 is 0 Å². The molecule has 14 heavy (non-hydrogen) atoms. The Morgan fingerprint density at radius 2 is 2.29 bits per heavy atom. The molecule has 1 heterocycles. The van der Waals surface area contributed by atoms with Crippen molar-refractivity contribution in [1.82, 2.24) is 4.90 Å². The number of unbranched alkanes of at least 4 members (excludes halogenated alkanes) is 1. The van der Waals surface area contributed by atoms with E-state index >= 15 is 0 Å². The Bertz CT molecular complexity index is 156. The Morgan fingerprint density at radius 3 is 3.00 bits per heavy atom. The minimum atomic E-state index is 0.336. The first-order valence-electron chi connectivity index (χ1n) is 5.84. The molecule has 82 valence electrons. The summed E-state index contributed by atoms with van der Waals surface area (Å²) in [5, 5.41) is 8.97. The lowest BCUT2D eigenvalue weighted by Gasteiger charge is -2.35. The van der Waals surface area contributed by atoms with Crippen LogP contribution in [0, 0.1) is 0 Å². The fourth-order valence-electron chi connectivity index (χ4n) is 2.27. The van der Waals surface area contributed by atoms with E-state index in [-0.39, 0.29) is 0 Å². The summed E-state index contributed by atoms with van der Waals surface area (Å²) in [6.07, 6.45) is 9.21. The zero-order valence-electron chi connectivity index (χ0n) is 9.12. The van der Waals surface area contributed by atoms with Crippen LogP contribution in [0.5, 0.6) is 0 Å². The van der Waals surface area contributed by atoms with Gasteiger partial charge in [0.15, 0.2) is 0 Å². The number of aliphatic hydroxyl groups is 1. The van der Waals surface area contributed by atoms with Gasteiger partial charge in [0, 0.05) is 12.6 Å². The van der Waals surface area contributed by atoms with Crippen LogP contribution in [0.1, 0.15) is 38.5 Å². The van der Waals surface area contributed by atoms with Crippen LogP contribution in [-0.4, -0.2) is 35.7 Å². The minimum absolute atomic E-state index is 0.336. The number of aliphatic hydroxyl groups excluding tert-OH is 1. The third-order valence-corrected chi connectivity index (χ3v) is 3.06. The van der Waals surface area contributed by atoms with Crippen molar-refractivity contribution in [3.8, 4) is 0 Å². The number of hydrogen-bond acceptors (Lipinski definition) is 2. The summed E-state index contributed by atoms with van der Waals surface area (Å²) in [7, 11) is 0. The van der Waals surface area contributed by atoms with Gasteiger partial charge in [0.25, 0.3) is 0 Å². The van der Waals surface area contributed by atoms with Gasteiger partial charge in [-0.3, -0.25) is 0 Å². The van der Waals surface area contributed by atoms with Gasteiger partial charge in [-0.2, -0.15) is 0 Å². The first kappa shape index (κ1) is 11.7. The second kappa shape index (κ2) is 7.02. The Kier molecular flexibility index (Phi) is 5.88. The molecule has 0 aromatic rings. The molecule has 1 atom stereocenters. The van der Waals surface area contributed by atoms with E-state index in [0.29, 0.717) is 12.6 Å². The van der Waals surface area contributed by atoms with Crippen molar-refractivity contribution in [3.63, 3.8) is 0 Å². The zero-order chi connectivity index (χ0) is 10.2. The number of piperidine rings is 1. The molecule has 0 bridgehead atoms. The molecule has 2 nitrogen and oxygen atoms in total. The monoisotopic (exact) mass is 197 g/mol. The Labute approximate surface area is 87.6 Å². The SMILES string of the molecule is C=CCCCN1CCCCC1CCO. The molecule has 1 fully saturated rings. The maximum absolute atomic E-state index is 8.97. The number of hydrogen-bond donors (Lipinski definition) is 1. The van der Waals surface area contributed by atoms with E-state index in [0.717, 1.165) is 12.8 Å². The maximum Gasteiger partial charge on any atom is 0.0445 e. The molecule has 1 aliphatic rings. The van der Waals surface area contributed by atoms with Gasteiger partial charge in [-0.05, 0) is 45.2 Å². The molecule has 0 saturated carbocycles. The average molecular weight is 197 g/mol. The van der Waals surface area contributed by atoms with Gasteiger partial charge < -0.3 is 10.0 Å². The van der Waals surface area contributed by atoms with Crippen LogP contribution >= 0.6 is 0 Å². The third kappa shape index (κ3) is 3.81. The molecule has 0 spiro atoms. The van der Waals surface area contributed by atoms with Crippen LogP contribution in [-0.2, 0) is 0 Å². The van der Waals surface area contributed by atoms with Crippen LogP contribution in [0.4, 0.5) is 0 Å². The number of likely N-dealkylation sites (tertiary alicyclic amines) is 1. The third-order valence-electron chi connectivity index (χ3n) is 3.06. The predicted molar refractivity (Wildman–Crippen MR) is 60.3 cm³/mol. The highest BCUT2D eigenvalue weighted by Crippen LogP contribution is 2.19. The number of allylic oxidation sites excluding steroid dienone is 1. The summed E-state index contributed by atoms with van der Waals surface area (Å²) in [5.74, 6) is 0. The fourth-order valence-corrected chi connectivity index (χ4v) is 2.27. The van der Waals surface area contributed by atoms with Gasteiger partial charge in [-0.25, -0.2) is 0 Å². The average Bonchev–Trinajstić information content (AvgIpc) is 2.21. The molecule has 1 saturated heterocycles. The van der Waals surface area contributed by atoms with E-state index in [9.17, 15) is 0 Å². The molecular weight excluding hydrogens is 174 g/mol. The highest BCUT2D eigenvalue weighted by molar-refractivity contribution is 4.77. The maximum atomic E-state index is 8.97. The summed E-state index contributed by atoms with van der Waals surface area (Å²) < 4.78 is 0. The lowest BCUT2D eigenvalue weighted by atomic mass is 9.99. The summed E-state index contributed by atoms with van der Waals surface area (Å²) >= 11 is 0. The molecule has 1 rings (SSSR count). The summed E-state index contributed by atoms with van der Waals surface area (Å²) in [4.78, 5) is 2.54. The number of nitrogens with zero attached hydrogens (tertiary/aromatic N) is 1. The van der Waals surface area contributed by atoms with E-state index in [1.807, 2.05) is 6.08 Å². The van der Waals surface area contributed by atoms with Crippen LogP contribution in [0.15, 0.2) is 12.7 Å². The number of rotatable bonds is 6. The molecule has 0 radical (unpaired) electrons. The van der Waals surface area contributed by atoms with Gasteiger partial charge in [0.1, 0.15) is 0 Å². The molecular formula is C12H23NO. The molecule has 1 unspecified atom stereocenters. The van der Waals surface area contributed by atoms with Crippen LogP contribution in [0.25, 0.3) is 0 Å². The Hall–Kier alpha value is -0.340. The van der Waals surface area contributed by atoms with Crippen molar-refractivity contribution in [2.24, 2.45) is 0 Å². The van der Waals surface area contributed by atoms with E-state index in [2.05, 4.69) is 11.5 Å². The lowest BCUT2D eigenvalue weighted by molar-refractivity contribution is 0.118. The zero-order valence-corrected chi connectivity index (χ0v) is 9.12. The summed E-state index contributed by atoms with van der Waals surface area (Å²) in [5.41, 5.74) is 0. The predicted octanol–water partition coefficient (Wildman–Crippen LogP) is 2.19. The van der Waals surface area contributed by atoms with Crippen LogP contribution in [0.3, 0.4) is 0 Å². The Balaban J connectivity index is 2.26. The van der Waals surface area contributed by atoms with Gasteiger partial charge in [0.05, 0.1) is 0 Å². The van der Waals surface area contributed by atoms with Crippen molar-refractivity contribution < 1.29 is 5.11 Å². The lowest BCUT2D eigenvalue weighted by Crippen LogP contribution is -2.40. The fraction of sp³-hybridized carbons (Fsp3) is 0.833. The molecule has 0 amide bonds. The van der Waals surface area contributed by atoms with Crippen LogP contribution < -0.4 is 0 Å². The summed E-state index contributed by atoms with van der Waals surface area (Å²) in [6, 6.07) is 0.638. The van der Waals surface area contributed by atoms with Crippen molar-refractivity contribution in [3.05, 3.63) is 12.7 Å². The van der Waals surface area contributed by atoms with E-state index < -0.39 is 0 Å². The largest absolute Gasteiger partial charge is 0.396 e. The van der Waals surface area contributed by atoms with E-state index in [1.54, 1.807) is 0 Å². The minimum Gasteiger partial charge on any atom is -0.396 e. The second-order valence-corrected chi connectivity index (χ2v) is 4.13. The van der Waals surface area contributed by atoms with Gasteiger partial charge in [-0.15, -0.1) is 6.58 Å². The van der Waals surface area contributed by atoms with Crippen molar-refractivity contribution in [2.75, 3.05) is 19.7 Å². The molecule has 1 N–H and O–H groups in total. The first-order chi connectivity index (χ1) is 6.88. The summed E-state index contributed by atoms with van der Waals surface area (Å²) in [6.45, 7) is 6.48. The second-order valence-electron chi connectivity index (χ2n) is 4.13. The Morgan fingerprint density at radius 1 is 1.43 bits per heavy atom. The topological polar surface area (TPSA) is 23.5 Å². The standard InChI is InChI=1S/C12H23NO/c1-2-3-5-9-13-10-6-4-7-12(13)8-11-14/h2,12,14H,1,3-11H2. The van der Waals surface area contributed by atoms with E-state index in [1.165, 1.54) is 38.8 Å². The first-order valence-corrected chi connectivity index (χ1v) is 5.84. The van der Waals surface area contributed by atoms with Crippen molar-refractivity contribution in [1.29, 1.82) is 0 Å². The molecule has 0 aliphatic carbocycles. The normalized spacial score (nSPS) is 23.6. The van der Waals surface area contributed by atoms with E-state index in [4.69, 9.17) is 5.11 Å². The van der Waals surface area contributed by atoms with Crippen molar-refractivity contribution in [2.45, 2.75) is 44.6 Å². The molecule has 0 aromatic carbocycles. The van der Waals surface area contributed by atoms with Gasteiger partial charge in [0.2, 0.25) is 0 Å². The highest BCUT2D eigenvalue weighted by Gasteiger charge is 2.20. The van der Waals surface area contributed by atoms with Crippen molar-refractivity contribution >= 4 is 0 Å². The van der Waals surface area contributed by atoms with Crippen LogP contribution in [0.2, 0.25) is 0 Å². The quantitative estimate of drug-likeness (QED) is 0.521. The molecule has 2 heteroatoms. The smallest absolute Gasteiger partial charge is 0.0445 e. The highest BCUT2D eigenvalue weighted by atomic mass is 16.3. The van der Waals surface area contributed by atoms with Gasteiger partial charge in [-0.1, -0.05) is 12.5 Å².